The lowest BCUT2D eigenvalue weighted by molar-refractivity contribution is 0.302. The monoisotopic (exact) mass is 242 g/mol. The number of rotatable bonds is 3. The van der Waals surface area contributed by atoms with Crippen molar-refractivity contribution in [3.63, 3.8) is 0 Å². The van der Waals surface area contributed by atoms with E-state index in [4.69, 9.17) is 10.5 Å². The fourth-order valence-corrected chi connectivity index (χ4v) is 2.13. The van der Waals surface area contributed by atoms with E-state index in [1.807, 2.05) is 12.1 Å². The first-order valence-electron chi connectivity index (χ1n) is 5.97. The molecule has 1 heterocycles. The number of hydrogen-bond donors (Lipinski definition) is 1. The second kappa shape index (κ2) is 5.08. The van der Waals surface area contributed by atoms with E-state index < -0.39 is 0 Å². The van der Waals surface area contributed by atoms with Crippen LogP contribution in [0.5, 0.6) is 5.75 Å². The van der Waals surface area contributed by atoms with Crippen LogP contribution in [-0.4, -0.2) is 4.98 Å². The molecule has 2 N–H and O–H groups in total. The van der Waals surface area contributed by atoms with E-state index in [-0.39, 0.29) is 0 Å². The zero-order valence-electron chi connectivity index (χ0n) is 11.0. The molecule has 0 fully saturated rings. The molecular weight excluding hydrogens is 224 g/mol. The van der Waals surface area contributed by atoms with E-state index in [2.05, 4.69) is 37.9 Å². The van der Waals surface area contributed by atoms with E-state index in [9.17, 15) is 0 Å². The van der Waals surface area contributed by atoms with Crippen LogP contribution >= 0.6 is 0 Å². The van der Waals surface area contributed by atoms with Crippen LogP contribution in [0, 0.1) is 20.8 Å². The third kappa shape index (κ3) is 2.80. The Bertz CT molecular complexity index is 541. The lowest BCUT2D eigenvalue weighted by Gasteiger charge is -2.13. The van der Waals surface area contributed by atoms with Crippen molar-refractivity contribution in [2.24, 2.45) is 0 Å². The van der Waals surface area contributed by atoms with E-state index in [1.165, 1.54) is 5.56 Å². The van der Waals surface area contributed by atoms with Crippen molar-refractivity contribution in [3.05, 3.63) is 52.7 Å². The topological polar surface area (TPSA) is 48.1 Å². The summed E-state index contributed by atoms with van der Waals surface area (Å²) in [6.45, 7) is 6.73. The Morgan fingerprint density at radius 2 is 1.78 bits per heavy atom. The molecule has 18 heavy (non-hydrogen) atoms. The van der Waals surface area contributed by atoms with E-state index >= 15 is 0 Å². The predicted octanol–water partition coefficient (Wildman–Crippen LogP) is 3.17. The van der Waals surface area contributed by atoms with Gasteiger partial charge in [-0.2, -0.15) is 0 Å². The predicted molar refractivity (Wildman–Crippen MR) is 73.6 cm³/mol. The summed E-state index contributed by atoms with van der Waals surface area (Å²) < 4.78 is 5.88. The smallest absolute Gasteiger partial charge is 0.125 e. The van der Waals surface area contributed by atoms with Crippen molar-refractivity contribution in [1.29, 1.82) is 0 Å². The molecule has 3 heteroatoms. The van der Waals surface area contributed by atoms with Crippen molar-refractivity contribution in [2.45, 2.75) is 27.4 Å². The number of aryl methyl sites for hydroxylation is 3. The van der Waals surface area contributed by atoms with Gasteiger partial charge in [0.05, 0.1) is 0 Å². The molecule has 94 valence electrons. The van der Waals surface area contributed by atoms with Gasteiger partial charge in [0.25, 0.3) is 0 Å². The van der Waals surface area contributed by atoms with Gasteiger partial charge < -0.3 is 10.5 Å². The van der Waals surface area contributed by atoms with Crippen LogP contribution in [0.25, 0.3) is 0 Å². The molecule has 2 rings (SSSR count). The van der Waals surface area contributed by atoms with Crippen molar-refractivity contribution in [2.75, 3.05) is 5.73 Å². The Morgan fingerprint density at radius 3 is 2.39 bits per heavy atom. The average Bonchev–Trinajstić information content (AvgIpc) is 2.27. The van der Waals surface area contributed by atoms with Crippen molar-refractivity contribution in [1.82, 2.24) is 4.98 Å². The second-order valence-electron chi connectivity index (χ2n) is 4.61. The summed E-state index contributed by atoms with van der Waals surface area (Å²) in [6, 6.07) is 8.00. The van der Waals surface area contributed by atoms with Crippen LogP contribution in [0.4, 0.5) is 5.82 Å². The number of anilines is 1. The maximum absolute atomic E-state index is 5.88. The van der Waals surface area contributed by atoms with E-state index in [1.54, 1.807) is 6.20 Å². The van der Waals surface area contributed by atoms with Crippen molar-refractivity contribution < 1.29 is 4.74 Å². The largest absolute Gasteiger partial charge is 0.488 e. The highest BCUT2D eigenvalue weighted by atomic mass is 16.5. The molecular formula is C15H18N2O. The highest BCUT2D eigenvalue weighted by molar-refractivity contribution is 5.43. The molecule has 0 saturated heterocycles. The second-order valence-corrected chi connectivity index (χ2v) is 4.61. The molecule has 3 nitrogen and oxygen atoms in total. The summed E-state index contributed by atoms with van der Waals surface area (Å²) >= 11 is 0. The Morgan fingerprint density at radius 1 is 1.11 bits per heavy atom. The minimum Gasteiger partial charge on any atom is -0.488 e. The first kappa shape index (κ1) is 12.4. The van der Waals surface area contributed by atoms with Crippen molar-refractivity contribution in [3.8, 4) is 5.75 Å². The minimum absolute atomic E-state index is 0.511. The molecule has 1 aromatic heterocycles. The molecule has 0 aliphatic heterocycles. The van der Waals surface area contributed by atoms with Gasteiger partial charge in [0.1, 0.15) is 18.2 Å². The van der Waals surface area contributed by atoms with Gasteiger partial charge in [0.2, 0.25) is 0 Å². The van der Waals surface area contributed by atoms with E-state index in [0.717, 1.165) is 22.4 Å². The van der Waals surface area contributed by atoms with Crippen LogP contribution in [0.15, 0.2) is 30.5 Å². The quantitative estimate of drug-likeness (QED) is 0.899. The summed E-state index contributed by atoms with van der Waals surface area (Å²) in [5.74, 6) is 1.48. The van der Waals surface area contributed by atoms with Gasteiger partial charge in [0.15, 0.2) is 0 Å². The number of nitrogens with two attached hydrogens (primary N) is 1. The molecule has 0 bridgehead atoms. The molecule has 0 spiro atoms. The SMILES string of the molecule is Cc1cc(C)c(OCc2ccnc(N)c2)c(C)c1. The fourth-order valence-electron chi connectivity index (χ4n) is 2.13. The normalized spacial score (nSPS) is 10.4. The zero-order chi connectivity index (χ0) is 13.1. The molecule has 0 unspecified atom stereocenters. The number of ether oxygens (including phenoxy) is 1. The van der Waals surface area contributed by atoms with Crippen LogP contribution in [-0.2, 0) is 6.61 Å². The first-order chi connectivity index (χ1) is 8.56. The van der Waals surface area contributed by atoms with E-state index in [0.29, 0.717) is 12.4 Å². The molecule has 0 aliphatic rings. The fraction of sp³-hybridized carbons (Fsp3) is 0.267. The van der Waals surface area contributed by atoms with Crippen LogP contribution in [0.1, 0.15) is 22.3 Å². The third-order valence-corrected chi connectivity index (χ3v) is 2.83. The van der Waals surface area contributed by atoms with Gasteiger partial charge in [-0.25, -0.2) is 4.98 Å². The maximum atomic E-state index is 5.88. The lowest BCUT2D eigenvalue weighted by atomic mass is 10.1. The molecule has 0 atom stereocenters. The standard InChI is InChI=1S/C15H18N2O/c1-10-6-11(2)15(12(3)7-10)18-9-13-4-5-17-14(16)8-13/h4-8H,9H2,1-3H3,(H2,16,17). The van der Waals surface area contributed by atoms with Gasteiger partial charge in [-0.05, 0) is 49.6 Å². The molecule has 0 saturated carbocycles. The number of aromatic nitrogens is 1. The first-order valence-corrected chi connectivity index (χ1v) is 5.97. The number of nitrogens with zero attached hydrogens (tertiary/aromatic N) is 1. The Hall–Kier alpha value is -2.03. The molecule has 0 amide bonds. The number of pyridine rings is 1. The Balaban J connectivity index is 2.16. The molecule has 0 aliphatic carbocycles. The summed E-state index contributed by atoms with van der Waals surface area (Å²) in [7, 11) is 0. The minimum atomic E-state index is 0.511. The molecule has 0 radical (unpaired) electrons. The summed E-state index contributed by atoms with van der Waals surface area (Å²) in [4.78, 5) is 3.96. The highest BCUT2D eigenvalue weighted by Crippen LogP contribution is 2.25. The lowest BCUT2D eigenvalue weighted by Crippen LogP contribution is -2.01. The van der Waals surface area contributed by atoms with Gasteiger partial charge in [0, 0.05) is 6.20 Å². The number of nitrogen functional groups attached to an aromatic ring is 1. The summed E-state index contributed by atoms with van der Waals surface area (Å²) in [6.07, 6.45) is 1.70. The molecule has 1 aromatic carbocycles. The number of hydrogen-bond acceptors (Lipinski definition) is 3. The summed E-state index contributed by atoms with van der Waals surface area (Å²) in [5.41, 5.74) is 10.2. The Kier molecular flexibility index (Phi) is 3.51. The Labute approximate surface area is 108 Å². The van der Waals surface area contributed by atoms with Gasteiger partial charge in [-0.3, -0.25) is 0 Å². The van der Waals surface area contributed by atoms with Gasteiger partial charge in [-0.1, -0.05) is 17.7 Å². The van der Waals surface area contributed by atoms with Crippen LogP contribution in [0.2, 0.25) is 0 Å². The van der Waals surface area contributed by atoms with Gasteiger partial charge in [-0.15, -0.1) is 0 Å². The summed E-state index contributed by atoms with van der Waals surface area (Å²) in [5, 5.41) is 0. The number of benzene rings is 1. The zero-order valence-corrected chi connectivity index (χ0v) is 11.0. The third-order valence-electron chi connectivity index (χ3n) is 2.83. The average molecular weight is 242 g/mol. The maximum Gasteiger partial charge on any atom is 0.125 e. The van der Waals surface area contributed by atoms with Crippen LogP contribution < -0.4 is 10.5 Å². The van der Waals surface area contributed by atoms with Crippen molar-refractivity contribution >= 4 is 5.82 Å². The van der Waals surface area contributed by atoms with Gasteiger partial charge >= 0.3 is 0 Å². The van der Waals surface area contributed by atoms with Crippen LogP contribution in [0.3, 0.4) is 0 Å². The molecule has 2 aromatic rings. The highest BCUT2D eigenvalue weighted by Gasteiger charge is 2.05.